The number of carbonyl (C=O) groups is 1. The molecule has 1 saturated heterocycles. The second-order valence-corrected chi connectivity index (χ2v) is 7.02. The zero-order valence-corrected chi connectivity index (χ0v) is 14.2. The second-order valence-electron chi connectivity index (χ2n) is 4.95. The zero-order chi connectivity index (χ0) is 15.4. The molecule has 0 spiro atoms. The van der Waals surface area contributed by atoms with E-state index in [1.807, 2.05) is 36.0 Å². The van der Waals surface area contributed by atoms with E-state index in [4.69, 9.17) is 4.74 Å². The number of halogens is 1. The van der Waals surface area contributed by atoms with Crippen LogP contribution in [-0.4, -0.2) is 28.5 Å². The number of anilines is 1. The van der Waals surface area contributed by atoms with E-state index in [2.05, 4.69) is 26.2 Å². The van der Waals surface area contributed by atoms with Crippen LogP contribution in [0.1, 0.15) is 16.8 Å². The van der Waals surface area contributed by atoms with Crippen LogP contribution in [0.2, 0.25) is 0 Å². The third-order valence-electron chi connectivity index (χ3n) is 3.25. The van der Waals surface area contributed by atoms with Crippen molar-refractivity contribution >= 4 is 39.3 Å². The number of benzene rings is 1. The normalized spacial score (nSPS) is 17.2. The molecule has 1 N–H and O–H groups in total. The highest BCUT2D eigenvalue weighted by Gasteiger charge is 2.18. The third kappa shape index (κ3) is 4.01. The summed E-state index contributed by atoms with van der Waals surface area (Å²) in [7, 11) is 0. The van der Waals surface area contributed by atoms with Gasteiger partial charge in [0, 0.05) is 33.7 Å². The quantitative estimate of drug-likeness (QED) is 0.873. The summed E-state index contributed by atoms with van der Waals surface area (Å²) < 4.78 is 6.74. The Hall–Kier alpha value is -1.53. The van der Waals surface area contributed by atoms with Gasteiger partial charge in [-0.05, 0) is 36.4 Å². The van der Waals surface area contributed by atoms with Crippen LogP contribution in [0.5, 0.6) is 5.88 Å². The molecule has 0 bridgehead atoms. The first-order valence-electron chi connectivity index (χ1n) is 6.98. The summed E-state index contributed by atoms with van der Waals surface area (Å²) >= 11 is 5.26. The number of nitrogens with one attached hydrogen (secondary N) is 1. The van der Waals surface area contributed by atoms with Crippen LogP contribution in [0, 0.1) is 0 Å². The maximum Gasteiger partial charge on any atom is 0.255 e. The van der Waals surface area contributed by atoms with Crippen LogP contribution < -0.4 is 10.1 Å². The minimum atomic E-state index is -0.175. The van der Waals surface area contributed by atoms with Crippen molar-refractivity contribution in [2.75, 3.05) is 16.8 Å². The van der Waals surface area contributed by atoms with Gasteiger partial charge in [-0.15, -0.1) is 0 Å². The Balaban J connectivity index is 1.69. The Morgan fingerprint density at radius 1 is 1.36 bits per heavy atom. The lowest BCUT2D eigenvalue weighted by atomic mass is 10.2. The van der Waals surface area contributed by atoms with Gasteiger partial charge in [-0.3, -0.25) is 4.79 Å². The summed E-state index contributed by atoms with van der Waals surface area (Å²) in [6.45, 7) is 0. The van der Waals surface area contributed by atoms with Crippen molar-refractivity contribution in [2.45, 2.75) is 12.5 Å². The molecule has 1 atom stereocenters. The number of hydrogen-bond donors (Lipinski definition) is 1. The number of hydrogen-bond acceptors (Lipinski definition) is 4. The SMILES string of the molecule is O=C(Nc1cccc(Br)c1)c1ccnc(O[C@H]2CCSC2)c1. The van der Waals surface area contributed by atoms with Gasteiger partial charge in [-0.2, -0.15) is 11.8 Å². The molecule has 0 radical (unpaired) electrons. The van der Waals surface area contributed by atoms with Crippen molar-refractivity contribution in [3.05, 3.63) is 52.6 Å². The number of aromatic nitrogens is 1. The number of carbonyl (C=O) groups excluding carboxylic acids is 1. The van der Waals surface area contributed by atoms with Gasteiger partial charge in [-0.1, -0.05) is 22.0 Å². The molecule has 22 heavy (non-hydrogen) atoms. The fourth-order valence-electron chi connectivity index (χ4n) is 2.16. The Morgan fingerprint density at radius 2 is 2.27 bits per heavy atom. The van der Waals surface area contributed by atoms with Crippen molar-refractivity contribution < 1.29 is 9.53 Å². The Kier molecular flexibility index (Phi) is 5.00. The van der Waals surface area contributed by atoms with Crippen molar-refractivity contribution in [1.82, 2.24) is 4.98 Å². The van der Waals surface area contributed by atoms with E-state index < -0.39 is 0 Å². The van der Waals surface area contributed by atoms with Crippen molar-refractivity contribution in [3.63, 3.8) is 0 Å². The van der Waals surface area contributed by atoms with Crippen LogP contribution in [0.4, 0.5) is 5.69 Å². The maximum atomic E-state index is 12.3. The molecule has 1 aliphatic rings. The molecule has 2 aromatic rings. The summed E-state index contributed by atoms with van der Waals surface area (Å²) in [5, 5.41) is 2.86. The smallest absolute Gasteiger partial charge is 0.255 e. The molecule has 1 amide bonds. The largest absolute Gasteiger partial charge is 0.473 e. The molecule has 0 unspecified atom stereocenters. The number of pyridine rings is 1. The Labute approximate surface area is 141 Å². The summed E-state index contributed by atoms with van der Waals surface area (Å²) in [5.41, 5.74) is 1.28. The molecule has 2 heterocycles. The topological polar surface area (TPSA) is 51.2 Å². The van der Waals surface area contributed by atoms with E-state index in [9.17, 15) is 4.79 Å². The van der Waals surface area contributed by atoms with Crippen molar-refractivity contribution in [2.24, 2.45) is 0 Å². The van der Waals surface area contributed by atoms with E-state index in [-0.39, 0.29) is 12.0 Å². The first-order valence-corrected chi connectivity index (χ1v) is 8.93. The fraction of sp³-hybridized carbons (Fsp3) is 0.250. The van der Waals surface area contributed by atoms with Crippen LogP contribution in [-0.2, 0) is 0 Å². The van der Waals surface area contributed by atoms with Crippen LogP contribution in [0.3, 0.4) is 0 Å². The van der Waals surface area contributed by atoms with E-state index in [1.54, 1.807) is 18.3 Å². The van der Waals surface area contributed by atoms with E-state index in [0.717, 1.165) is 28.1 Å². The standard InChI is InChI=1S/C16H15BrN2O2S/c17-12-2-1-3-13(9-12)19-16(20)11-4-6-18-15(8-11)21-14-5-7-22-10-14/h1-4,6,8-9,14H,5,7,10H2,(H,19,20)/t14-/m0/s1. The van der Waals surface area contributed by atoms with Gasteiger partial charge in [-0.25, -0.2) is 4.98 Å². The van der Waals surface area contributed by atoms with Gasteiger partial charge in [0.15, 0.2) is 0 Å². The molecule has 114 valence electrons. The zero-order valence-electron chi connectivity index (χ0n) is 11.8. The van der Waals surface area contributed by atoms with Crippen molar-refractivity contribution in [1.29, 1.82) is 0 Å². The van der Waals surface area contributed by atoms with Crippen LogP contribution in [0.15, 0.2) is 47.1 Å². The highest BCUT2D eigenvalue weighted by molar-refractivity contribution is 9.10. The first-order chi connectivity index (χ1) is 10.7. The fourth-order valence-corrected chi connectivity index (χ4v) is 3.65. The number of thioether (sulfide) groups is 1. The summed E-state index contributed by atoms with van der Waals surface area (Å²) in [4.78, 5) is 16.5. The van der Waals surface area contributed by atoms with Gasteiger partial charge < -0.3 is 10.1 Å². The molecular formula is C16H15BrN2O2S. The highest BCUT2D eigenvalue weighted by atomic mass is 79.9. The number of nitrogens with zero attached hydrogens (tertiary/aromatic N) is 1. The van der Waals surface area contributed by atoms with Gasteiger partial charge in [0.2, 0.25) is 5.88 Å². The van der Waals surface area contributed by atoms with Gasteiger partial charge in [0.1, 0.15) is 6.10 Å². The number of amides is 1. The minimum Gasteiger partial charge on any atom is -0.473 e. The molecule has 6 heteroatoms. The predicted octanol–water partition coefficient (Wildman–Crippen LogP) is 3.98. The predicted molar refractivity (Wildman–Crippen MR) is 92.7 cm³/mol. The summed E-state index contributed by atoms with van der Waals surface area (Å²) in [6.07, 6.45) is 2.83. The van der Waals surface area contributed by atoms with Crippen LogP contribution in [0.25, 0.3) is 0 Å². The molecule has 0 aliphatic carbocycles. The summed E-state index contributed by atoms with van der Waals surface area (Å²) in [5.74, 6) is 2.43. The molecule has 1 fully saturated rings. The van der Waals surface area contributed by atoms with Crippen LogP contribution >= 0.6 is 27.7 Å². The lowest BCUT2D eigenvalue weighted by molar-refractivity contribution is 0.102. The average molecular weight is 379 g/mol. The first kappa shape index (κ1) is 15.4. The van der Waals surface area contributed by atoms with Crippen molar-refractivity contribution in [3.8, 4) is 5.88 Å². The van der Waals surface area contributed by atoms with E-state index in [1.165, 1.54) is 0 Å². The van der Waals surface area contributed by atoms with E-state index >= 15 is 0 Å². The Morgan fingerprint density at radius 3 is 3.05 bits per heavy atom. The Bertz CT molecular complexity index is 675. The van der Waals surface area contributed by atoms with Gasteiger partial charge in [0.25, 0.3) is 5.91 Å². The minimum absolute atomic E-state index is 0.175. The third-order valence-corrected chi connectivity index (χ3v) is 4.88. The monoisotopic (exact) mass is 378 g/mol. The van der Waals surface area contributed by atoms with E-state index in [0.29, 0.717) is 11.4 Å². The molecule has 1 aliphatic heterocycles. The molecule has 1 aromatic carbocycles. The molecule has 4 nitrogen and oxygen atoms in total. The number of rotatable bonds is 4. The van der Waals surface area contributed by atoms with Gasteiger partial charge >= 0.3 is 0 Å². The highest BCUT2D eigenvalue weighted by Crippen LogP contribution is 2.23. The number of ether oxygens (including phenoxy) is 1. The second kappa shape index (κ2) is 7.15. The maximum absolute atomic E-state index is 12.3. The average Bonchev–Trinajstić information content (AvgIpc) is 3.00. The molecule has 3 rings (SSSR count). The molecule has 1 aromatic heterocycles. The summed E-state index contributed by atoms with van der Waals surface area (Å²) in [6, 6.07) is 10.9. The molecule has 0 saturated carbocycles. The lowest BCUT2D eigenvalue weighted by Gasteiger charge is -2.12. The molecular weight excluding hydrogens is 364 g/mol. The van der Waals surface area contributed by atoms with Gasteiger partial charge in [0.05, 0.1) is 0 Å². The lowest BCUT2D eigenvalue weighted by Crippen LogP contribution is -2.17.